The number of benzene rings is 4. The van der Waals surface area contributed by atoms with Crippen LogP contribution >= 0.6 is 23.1 Å². The normalized spacial score (nSPS) is 13.0. The van der Waals surface area contributed by atoms with Gasteiger partial charge < -0.3 is 27.8 Å². The maximum atomic E-state index is 13.1. The smallest absolute Gasteiger partial charge is 0.267 e. The van der Waals surface area contributed by atoms with Gasteiger partial charge in [0, 0.05) is 16.5 Å². The largest absolute Gasteiger partial charge is 0.397 e. The number of amides is 2. The second kappa shape index (κ2) is 20.2. The van der Waals surface area contributed by atoms with Crippen LogP contribution in [0.15, 0.2) is 137 Å². The summed E-state index contributed by atoms with van der Waals surface area (Å²) >= 11 is 2.80. The number of nitrogens with one attached hydrogen (secondary N) is 3. The molecule has 9 nitrogen and oxygen atoms in total. The van der Waals surface area contributed by atoms with Crippen LogP contribution in [-0.4, -0.2) is 35.4 Å². The van der Waals surface area contributed by atoms with Crippen LogP contribution in [0.25, 0.3) is 16.7 Å². The minimum atomic E-state index is -0.734. The Bertz CT molecular complexity index is 2150. The Morgan fingerprint density at radius 2 is 1.52 bits per heavy atom. The molecule has 1 atom stereocenters. The van der Waals surface area contributed by atoms with E-state index in [-0.39, 0.29) is 29.3 Å². The molecule has 1 saturated carbocycles. The first-order valence-electron chi connectivity index (χ1n) is 16.4. The maximum absolute atomic E-state index is 13.1. The fourth-order valence-electron chi connectivity index (χ4n) is 4.42. The third-order valence-corrected chi connectivity index (χ3v) is 10.6. The number of hydrogen-bond donors (Lipinski definition) is 6. The number of halogens is 2. The molecule has 280 valence electrons. The van der Waals surface area contributed by atoms with E-state index in [1.165, 1.54) is 54.6 Å². The molecule has 1 aliphatic rings. The van der Waals surface area contributed by atoms with Crippen molar-refractivity contribution in [3.8, 4) is 11.1 Å². The lowest BCUT2D eigenvalue weighted by Crippen LogP contribution is -2.27. The number of anilines is 2. The summed E-state index contributed by atoms with van der Waals surface area (Å²) in [6, 6.07) is 25.2. The first-order valence-corrected chi connectivity index (χ1v) is 20.1. The van der Waals surface area contributed by atoms with Crippen molar-refractivity contribution in [1.82, 2.24) is 10.3 Å². The van der Waals surface area contributed by atoms with Crippen molar-refractivity contribution < 1.29 is 18.4 Å². The van der Waals surface area contributed by atoms with Crippen LogP contribution < -0.4 is 27.8 Å². The lowest BCUT2D eigenvalue weighted by molar-refractivity contribution is 0.0964. The Hall–Kier alpha value is -5.41. The molecule has 0 spiro atoms. The summed E-state index contributed by atoms with van der Waals surface area (Å²) in [5, 5.41) is 5.42. The summed E-state index contributed by atoms with van der Waals surface area (Å²) in [7, 11) is -0.734. The summed E-state index contributed by atoms with van der Waals surface area (Å²) in [5.41, 5.74) is 21.7. The minimum Gasteiger partial charge on any atom is -0.397 e. The molecule has 1 unspecified atom stereocenters. The lowest BCUT2D eigenvalue weighted by Gasteiger charge is -2.10. The van der Waals surface area contributed by atoms with Crippen molar-refractivity contribution in [2.45, 2.75) is 28.1 Å². The number of allylic oxidation sites excluding steroid dienone is 4. The molecule has 1 aromatic heterocycles. The van der Waals surface area contributed by atoms with Crippen LogP contribution in [0.4, 0.5) is 20.2 Å². The zero-order valence-corrected chi connectivity index (χ0v) is 32.1. The lowest BCUT2D eigenvalue weighted by atomic mass is 10.0. The number of thioether (sulfide) groups is 1. The number of nitrogen functional groups attached to an aromatic ring is 1. The van der Waals surface area contributed by atoms with Crippen LogP contribution in [0.1, 0.15) is 38.4 Å². The molecule has 0 radical (unpaired) electrons. The van der Waals surface area contributed by atoms with E-state index in [9.17, 15) is 18.4 Å². The Morgan fingerprint density at radius 3 is 2.06 bits per heavy atom. The monoisotopic (exact) mass is 785 g/mol. The van der Waals surface area contributed by atoms with Crippen LogP contribution in [-0.2, 0) is 10.7 Å². The molecular formula is C40H41F2N7O2S3. The molecular weight excluding hydrogens is 745 g/mol. The first kappa shape index (κ1) is 41.3. The summed E-state index contributed by atoms with van der Waals surface area (Å²) in [6.45, 7) is 3.67. The van der Waals surface area contributed by atoms with E-state index in [1.807, 2.05) is 24.5 Å². The van der Waals surface area contributed by atoms with Crippen LogP contribution in [0, 0.1) is 16.4 Å². The summed E-state index contributed by atoms with van der Waals surface area (Å²) in [5.74, 6) is -1.05. The van der Waals surface area contributed by atoms with Gasteiger partial charge in [-0.05, 0) is 125 Å². The van der Waals surface area contributed by atoms with Crippen LogP contribution in [0.5, 0.6) is 0 Å². The number of carbonyl (C=O) groups is 2. The van der Waals surface area contributed by atoms with Crippen molar-refractivity contribution in [3.05, 3.63) is 155 Å². The van der Waals surface area contributed by atoms with Crippen molar-refractivity contribution in [2.75, 3.05) is 23.6 Å². The quantitative estimate of drug-likeness (QED) is 0.0467. The predicted molar refractivity (Wildman–Crippen MR) is 220 cm³/mol. The SMILES string of the molecule is C=C/C=C(\C=C(/N)NC(=O)c1ccc(SC)cc1)c1ccc(F)cc1.CS(=N)c1ncc(C(=O)Nc2cc(-c3ccc(F)cc3)ccc2N)s1.NC1CC1. The molecule has 1 fully saturated rings. The molecule has 2 amide bonds. The third-order valence-electron chi connectivity index (χ3n) is 7.47. The number of nitrogens with two attached hydrogens (primary N) is 3. The van der Waals surface area contributed by atoms with E-state index in [0.29, 0.717) is 37.8 Å². The van der Waals surface area contributed by atoms with Crippen LogP contribution in [0.3, 0.4) is 0 Å². The van der Waals surface area contributed by atoms with E-state index in [0.717, 1.165) is 21.6 Å². The van der Waals surface area contributed by atoms with Crippen molar-refractivity contribution in [2.24, 2.45) is 11.5 Å². The first-order chi connectivity index (χ1) is 25.9. The second-order valence-corrected chi connectivity index (χ2v) is 15.3. The molecule has 1 heterocycles. The van der Waals surface area contributed by atoms with E-state index < -0.39 is 10.7 Å². The number of rotatable bonds is 10. The average molecular weight is 786 g/mol. The Morgan fingerprint density at radius 1 is 0.944 bits per heavy atom. The number of thiazole rings is 1. The van der Waals surface area contributed by atoms with Gasteiger partial charge in [-0.1, -0.05) is 49.1 Å². The average Bonchev–Trinajstić information content (AvgIpc) is 3.77. The predicted octanol–water partition coefficient (Wildman–Crippen LogP) is 8.61. The minimum absolute atomic E-state index is 0.191. The van der Waals surface area contributed by atoms with Gasteiger partial charge in [0.15, 0.2) is 4.34 Å². The topological polar surface area (TPSA) is 173 Å². The standard InChI is InChI=1S/C20H19FN2OS.C17H15FN4OS2.C3H7N/c1-3-4-16(14-5-9-17(21)10-6-14)13-19(22)23-20(24)15-7-11-18(25-2)12-8-15;1-25(20)17-21-9-15(24-17)16(23)22-14-8-11(4-7-13(14)19)10-2-5-12(18)6-3-10;4-3-1-2-3/h3-13H,1,22H2,2H3,(H,23,24);2-9,20H,19H2,1H3,(H,22,23);3H,1-2,4H2/b16-4+,19-13+;;. The van der Waals surface area contributed by atoms with E-state index >= 15 is 0 Å². The highest BCUT2D eigenvalue weighted by molar-refractivity contribution is 7.98. The molecule has 1 aliphatic carbocycles. The molecule has 14 heteroatoms. The summed E-state index contributed by atoms with van der Waals surface area (Å²) < 4.78 is 34.4. The zero-order valence-electron chi connectivity index (χ0n) is 29.6. The molecule has 4 aromatic carbocycles. The Kier molecular flexibility index (Phi) is 15.4. The molecule has 6 rings (SSSR count). The summed E-state index contributed by atoms with van der Waals surface area (Å²) in [4.78, 5) is 30.2. The fraction of sp³-hybridized carbons (Fsp3) is 0.125. The molecule has 0 bridgehead atoms. The van der Waals surface area contributed by atoms with E-state index in [4.69, 9.17) is 22.0 Å². The second-order valence-electron chi connectivity index (χ2n) is 11.7. The highest BCUT2D eigenvalue weighted by atomic mass is 32.2. The zero-order chi connectivity index (χ0) is 39.2. The molecule has 9 N–H and O–H groups in total. The highest BCUT2D eigenvalue weighted by Crippen LogP contribution is 2.29. The van der Waals surface area contributed by atoms with Gasteiger partial charge in [0.05, 0.1) is 17.6 Å². The highest BCUT2D eigenvalue weighted by Gasteiger charge is 2.14. The van der Waals surface area contributed by atoms with Gasteiger partial charge in [-0.25, -0.2) is 13.8 Å². The van der Waals surface area contributed by atoms with Gasteiger partial charge in [0.25, 0.3) is 11.8 Å². The number of hydrogen-bond acceptors (Lipinski definition) is 9. The summed E-state index contributed by atoms with van der Waals surface area (Å²) in [6.07, 6.45) is 12.6. The maximum Gasteiger partial charge on any atom is 0.267 e. The van der Waals surface area contributed by atoms with E-state index in [2.05, 4.69) is 22.2 Å². The van der Waals surface area contributed by atoms with Crippen LogP contribution in [0.2, 0.25) is 0 Å². The Labute approximate surface area is 324 Å². The number of aromatic nitrogens is 1. The van der Waals surface area contributed by atoms with Crippen molar-refractivity contribution in [3.63, 3.8) is 0 Å². The van der Waals surface area contributed by atoms with Gasteiger partial charge in [-0.15, -0.1) is 23.1 Å². The third kappa shape index (κ3) is 12.9. The van der Waals surface area contributed by atoms with Gasteiger partial charge in [0.1, 0.15) is 22.3 Å². The van der Waals surface area contributed by atoms with Crippen molar-refractivity contribution in [1.29, 1.82) is 4.78 Å². The van der Waals surface area contributed by atoms with Gasteiger partial charge >= 0.3 is 0 Å². The van der Waals surface area contributed by atoms with E-state index in [1.54, 1.807) is 84.8 Å². The fourth-order valence-corrected chi connectivity index (χ4v) is 6.35. The van der Waals surface area contributed by atoms with Gasteiger partial charge in [0.2, 0.25) is 0 Å². The molecule has 54 heavy (non-hydrogen) atoms. The van der Waals surface area contributed by atoms with Gasteiger partial charge in [-0.3, -0.25) is 14.4 Å². The number of carbonyl (C=O) groups excluding carboxylic acids is 2. The molecule has 0 aliphatic heterocycles. The molecule has 0 saturated heterocycles. The van der Waals surface area contributed by atoms with Gasteiger partial charge in [-0.2, -0.15) is 0 Å². The Balaban J connectivity index is 0.000000217. The molecule has 5 aromatic rings. The van der Waals surface area contributed by atoms with Crippen molar-refractivity contribution >= 4 is 62.6 Å². The number of nitrogens with zero attached hydrogens (tertiary/aromatic N) is 1.